The second-order valence-electron chi connectivity index (χ2n) is 8.58. The van der Waals surface area contributed by atoms with E-state index in [1.165, 1.54) is 0 Å². The van der Waals surface area contributed by atoms with E-state index < -0.39 is 0 Å². The molecule has 180 valence electrons. The molecular formula is C27H29N5O2S. The largest absolute Gasteiger partial charge is 0.497 e. The summed E-state index contributed by atoms with van der Waals surface area (Å²) >= 11 is 5.84. The van der Waals surface area contributed by atoms with E-state index in [4.69, 9.17) is 22.1 Å². The summed E-state index contributed by atoms with van der Waals surface area (Å²) in [5.41, 5.74) is 4.88. The summed E-state index contributed by atoms with van der Waals surface area (Å²) in [5.74, 6) is 1.34. The van der Waals surface area contributed by atoms with Crippen molar-refractivity contribution in [3.05, 3.63) is 88.7 Å². The molecule has 0 saturated carbocycles. The molecule has 0 bridgehead atoms. The van der Waals surface area contributed by atoms with Gasteiger partial charge in [-0.1, -0.05) is 47.5 Å². The summed E-state index contributed by atoms with van der Waals surface area (Å²) in [5, 5.41) is 7.77. The molecule has 4 rings (SSSR count). The molecule has 1 amide bonds. The Morgan fingerprint density at radius 2 is 1.69 bits per heavy atom. The molecule has 1 N–H and O–H groups in total. The van der Waals surface area contributed by atoms with Gasteiger partial charge in [-0.3, -0.25) is 14.3 Å². The number of hydrogen-bond acceptors (Lipinski definition) is 5. The van der Waals surface area contributed by atoms with Crippen LogP contribution in [0.4, 0.5) is 5.69 Å². The fourth-order valence-electron chi connectivity index (χ4n) is 3.74. The van der Waals surface area contributed by atoms with Crippen molar-refractivity contribution < 1.29 is 9.53 Å². The Morgan fingerprint density at radius 1 is 1.03 bits per heavy atom. The van der Waals surface area contributed by atoms with Gasteiger partial charge < -0.3 is 10.1 Å². The first kappa shape index (κ1) is 24.4. The SMILES string of the molecule is COc1cccc(-c2nn(CN(C)CC(=O)Nc3ccc(C)cc3)c(=S)n2-c2ccc(C)cc2)c1. The Bertz CT molecular complexity index is 1370. The molecule has 4 aromatic rings. The molecular weight excluding hydrogens is 458 g/mol. The number of nitrogens with one attached hydrogen (secondary N) is 1. The lowest BCUT2D eigenvalue weighted by Gasteiger charge is -2.16. The quantitative estimate of drug-likeness (QED) is 0.345. The topological polar surface area (TPSA) is 64.3 Å². The summed E-state index contributed by atoms with van der Waals surface area (Å²) in [6, 6.07) is 23.6. The number of anilines is 1. The molecule has 0 aliphatic carbocycles. The lowest BCUT2D eigenvalue weighted by atomic mass is 10.2. The van der Waals surface area contributed by atoms with Crippen LogP contribution in [0.5, 0.6) is 5.75 Å². The van der Waals surface area contributed by atoms with Gasteiger partial charge in [-0.15, -0.1) is 5.10 Å². The first-order valence-corrected chi connectivity index (χ1v) is 11.7. The normalized spacial score (nSPS) is 11.0. The second-order valence-corrected chi connectivity index (χ2v) is 8.94. The number of rotatable bonds is 8. The molecule has 0 aliphatic rings. The number of hydrogen-bond donors (Lipinski definition) is 1. The van der Waals surface area contributed by atoms with Crippen molar-refractivity contribution in [3.8, 4) is 22.8 Å². The van der Waals surface area contributed by atoms with Gasteiger partial charge in [0.15, 0.2) is 5.82 Å². The van der Waals surface area contributed by atoms with Gasteiger partial charge in [-0.25, -0.2) is 4.68 Å². The van der Waals surface area contributed by atoms with Crippen LogP contribution in [0.15, 0.2) is 72.8 Å². The molecule has 1 aromatic heterocycles. The number of amides is 1. The van der Waals surface area contributed by atoms with Crippen LogP contribution in [-0.2, 0) is 11.5 Å². The number of methoxy groups -OCH3 is 1. The summed E-state index contributed by atoms with van der Waals surface area (Å²) in [4.78, 5) is 14.4. The van der Waals surface area contributed by atoms with Crippen LogP contribution in [0, 0.1) is 18.6 Å². The number of carbonyl (C=O) groups is 1. The fourth-order valence-corrected chi connectivity index (χ4v) is 4.03. The highest BCUT2D eigenvalue weighted by molar-refractivity contribution is 7.71. The van der Waals surface area contributed by atoms with E-state index >= 15 is 0 Å². The van der Waals surface area contributed by atoms with Crippen molar-refractivity contribution in [2.45, 2.75) is 20.5 Å². The molecule has 1 heterocycles. The van der Waals surface area contributed by atoms with Crippen LogP contribution in [0.3, 0.4) is 0 Å². The standard InChI is InChI=1S/C27H29N5O2S/c1-19-8-12-22(13-9-19)28-25(33)17-30(3)18-31-27(35)32(23-14-10-20(2)11-15-23)26(29-31)21-6-5-7-24(16-21)34-4/h5-16H,17-18H2,1-4H3,(H,28,33). The zero-order valence-corrected chi connectivity index (χ0v) is 21.2. The number of nitrogens with zero attached hydrogens (tertiary/aromatic N) is 4. The van der Waals surface area contributed by atoms with Crippen LogP contribution >= 0.6 is 12.2 Å². The van der Waals surface area contributed by atoms with E-state index in [1.54, 1.807) is 11.8 Å². The van der Waals surface area contributed by atoms with E-state index in [9.17, 15) is 4.79 Å². The lowest BCUT2D eigenvalue weighted by molar-refractivity contribution is -0.117. The van der Waals surface area contributed by atoms with Crippen LogP contribution in [0.2, 0.25) is 0 Å². The highest BCUT2D eigenvalue weighted by Crippen LogP contribution is 2.26. The van der Waals surface area contributed by atoms with Crippen molar-refractivity contribution in [2.24, 2.45) is 0 Å². The first-order chi connectivity index (χ1) is 16.8. The van der Waals surface area contributed by atoms with E-state index in [2.05, 4.69) is 5.32 Å². The molecule has 0 spiro atoms. The number of ether oxygens (including phenoxy) is 1. The van der Waals surface area contributed by atoms with Crippen molar-refractivity contribution in [1.29, 1.82) is 0 Å². The second kappa shape index (κ2) is 10.7. The molecule has 0 radical (unpaired) electrons. The Morgan fingerprint density at radius 3 is 2.34 bits per heavy atom. The van der Waals surface area contributed by atoms with Crippen molar-refractivity contribution in [1.82, 2.24) is 19.2 Å². The van der Waals surface area contributed by atoms with Gasteiger partial charge >= 0.3 is 0 Å². The Hall–Kier alpha value is -3.75. The maximum atomic E-state index is 12.6. The fraction of sp³-hybridized carbons (Fsp3) is 0.222. The highest BCUT2D eigenvalue weighted by atomic mass is 32.1. The molecule has 8 heteroatoms. The lowest BCUT2D eigenvalue weighted by Crippen LogP contribution is -2.32. The predicted octanol–water partition coefficient (Wildman–Crippen LogP) is 5.22. The predicted molar refractivity (Wildman–Crippen MR) is 142 cm³/mol. The smallest absolute Gasteiger partial charge is 0.238 e. The summed E-state index contributed by atoms with van der Waals surface area (Å²) in [6.07, 6.45) is 0. The van der Waals surface area contributed by atoms with Crippen molar-refractivity contribution >= 4 is 23.8 Å². The van der Waals surface area contributed by atoms with Gasteiger partial charge in [0, 0.05) is 16.9 Å². The minimum Gasteiger partial charge on any atom is -0.497 e. The minimum atomic E-state index is -0.103. The van der Waals surface area contributed by atoms with E-state index in [-0.39, 0.29) is 12.5 Å². The summed E-state index contributed by atoms with van der Waals surface area (Å²) in [6.45, 7) is 4.61. The Kier molecular flexibility index (Phi) is 7.43. The highest BCUT2D eigenvalue weighted by Gasteiger charge is 2.17. The average molecular weight is 488 g/mol. The molecule has 0 unspecified atom stereocenters. The van der Waals surface area contributed by atoms with E-state index in [0.717, 1.165) is 33.8 Å². The van der Waals surface area contributed by atoms with Gasteiger partial charge in [0.1, 0.15) is 5.75 Å². The van der Waals surface area contributed by atoms with Crippen LogP contribution in [-0.4, -0.2) is 45.9 Å². The van der Waals surface area contributed by atoms with E-state index in [1.807, 2.05) is 103 Å². The molecule has 3 aromatic carbocycles. The Balaban J connectivity index is 1.61. The van der Waals surface area contributed by atoms with Gasteiger partial charge in [0.05, 0.1) is 20.3 Å². The summed E-state index contributed by atoms with van der Waals surface area (Å²) in [7, 11) is 3.51. The molecule has 0 atom stereocenters. The molecule has 0 fully saturated rings. The minimum absolute atomic E-state index is 0.103. The number of aryl methyl sites for hydroxylation is 2. The Labute approximate surface area is 210 Å². The third-order valence-corrected chi connectivity index (χ3v) is 5.98. The number of carbonyl (C=O) groups excluding carboxylic acids is 1. The first-order valence-electron chi connectivity index (χ1n) is 11.3. The number of aromatic nitrogens is 3. The summed E-state index contributed by atoms with van der Waals surface area (Å²) < 4.78 is 9.64. The van der Waals surface area contributed by atoms with Gasteiger partial charge in [0.2, 0.25) is 10.7 Å². The van der Waals surface area contributed by atoms with Gasteiger partial charge in [-0.2, -0.15) is 0 Å². The maximum absolute atomic E-state index is 12.6. The van der Waals surface area contributed by atoms with Crippen molar-refractivity contribution in [2.75, 3.05) is 26.0 Å². The van der Waals surface area contributed by atoms with Crippen LogP contribution < -0.4 is 10.1 Å². The van der Waals surface area contributed by atoms with Crippen molar-refractivity contribution in [3.63, 3.8) is 0 Å². The van der Waals surface area contributed by atoms with Crippen LogP contribution in [0.25, 0.3) is 17.1 Å². The maximum Gasteiger partial charge on any atom is 0.238 e. The third-order valence-electron chi connectivity index (χ3n) is 5.58. The monoisotopic (exact) mass is 487 g/mol. The molecule has 0 saturated heterocycles. The molecule has 35 heavy (non-hydrogen) atoms. The van der Waals surface area contributed by atoms with Gasteiger partial charge in [-0.05, 0) is 69.5 Å². The molecule has 0 aliphatic heterocycles. The van der Waals surface area contributed by atoms with Crippen LogP contribution in [0.1, 0.15) is 11.1 Å². The third kappa shape index (κ3) is 5.85. The number of likely N-dealkylation sites (N-methyl/N-ethyl adjacent to an activating group) is 1. The average Bonchev–Trinajstić information content (AvgIpc) is 3.16. The molecule has 7 nitrogen and oxygen atoms in total. The number of benzene rings is 3. The van der Waals surface area contributed by atoms with E-state index in [0.29, 0.717) is 17.3 Å². The van der Waals surface area contributed by atoms with Gasteiger partial charge in [0.25, 0.3) is 0 Å². The zero-order valence-electron chi connectivity index (χ0n) is 20.4. The zero-order chi connectivity index (χ0) is 24.9.